The van der Waals surface area contributed by atoms with Crippen LogP contribution < -0.4 is 0 Å². The second kappa shape index (κ2) is 10.5. The van der Waals surface area contributed by atoms with Crippen LogP contribution in [0.1, 0.15) is 145 Å². The van der Waals surface area contributed by atoms with Gasteiger partial charge in [0.25, 0.3) is 0 Å². The highest BCUT2D eigenvalue weighted by atomic mass is 16.6. The highest BCUT2D eigenvalue weighted by Crippen LogP contribution is 2.62. The van der Waals surface area contributed by atoms with Gasteiger partial charge in [0.1, 0.15) is 0 Å². The van der Waals surface area contributed by atoms with Crippen LogP contribution in [0, 0.1) is 39.9 Å². The number of hydrogen-bond donors (Lipinski definition) is 1. The number of aliphatic hydroxyl groups is 1. The first kappa shape index (κ1) is 27.5. The summed E-state index contributed by atoms with van der Waals surface area (Å²) in [5.74, 6) is 3.18. The molecular formula is C31H58O2. The fourth-order valence-corrected chi connectivity index (χ4v) is 8.67. The van der Waals surface area contributed by atoms with Crippen LogP contribution in [0.25, 0.3) is 0 Å². The maximum Gasteiger partial charge on any atom is 0.161 e. The van der Waals surface area contributed by atoms with Crippen LogP contribution in [0.5, 0.6) is 0 Å². The van der Waals surface area contributed by atoms with E-state index in [2.05, 4.69) is 55.4 Å². The Morgan fingerprint density at radius 3 is 1.82 bits per heavy atom. The lowest BCUT2D eigenvalue weighted by molar-refractivity contribution is -0.315. The van der Waals surface area contributed by atoms with E-state index in [4.69, 9.17) is 4.74 Å². The Labute approximate surface area is 207 Å². The van der Waals surface area contributed by atoms with E-state index >= 15 is 0 Å². The van der Waals surface area contributed by atoms with Gasteiger partial charge in [-0.3, -0.25) is 0 Å². The SMILES string of the molecule is CCCCCC(C)(C)CC(C)(C(O)OC1(CC)C2CC3CC(C2)CC1C3)C(C)(C)CCCC. The predicted molar refractivity (Wildman–Crippen MR) is 141 cm³/mol. The number of unbranched alkanes of at least 4 members (excludes halogenated alkanes) is 3. The second-order valence-corrected chi connectivity index (χ2v) is 14.3. The molecule has 2 nitrogen and oxygen atoms in total. The first-order chi connectivity index (χ1) is 15.4. The summed E-state index contributed by atoms with van der Waals surface area (Å²) in [6, 6.07) is 0. The Balaban J connectivity index is 1.86. The van der Waals surface area contributed by atoms with Gasteiger partial charge in [0.05, 0.1) is 5.60 Å². The zero-order valence-electron chi connectivity index (χ0n) is 23.6. The van der Waals surface area contributed by atoms with Crippen LogP contribution in [0.3, 0.4) is 0 Å². The molecule has 0 saturated heterocycles. The van der Waals surface area contributed by atoms with Crippen molar-refractivity contribution in [2.24, 2.45) is 39.9 Å². The van der Waals surface area contributed by atoms with Crippen molar-refractivity contribution in [2.45, 2.75) is 157 Å². The zero-order chi connectivity index (χ0) is 24.5. The van der Waals surface area contributed by atoms with Gasteiger partial charge in [-0.15, -0.1) is 0 Å². The summed E-state index contributed by atoms with van der Waals surface area (Å²) in [5.41, 5.74) is -0.109. The van der Waals surface area contributed by atoms with Crippen LogP contribution in [-0.2, 0) is 4.74 Å². The fraction of sp³-hybridized carbons (Fsp3) is 1.00. The average Bonchev–Trinajstić information content (AvgIpc) is 2.74. The van der Waals surface area contributed by atoms with Gasteiger partial charge in [-0.1, -0.05) is 87.5 Å². The molecule has 0 aromatic rings. The van der Waals surface area contributed by atoms with Gasteiger partial charge in [0.15, 0.2) is 6.29 Å². The molecule has 0 heterocycles. The summed E-state index contributed by atoms with van der Waals surface area (Å²) in [6.45, 7) is 19.0. The monoisotopic (exact) mass is 462 g/mol. The summed E-state index contributed by atoms with van der Waals surface area (Å²) in [7, 11) is 0. The van der Waals surface area contributed by atoms with Gasteiger partial charge in [0.2, 0.25) is 0 Å². The highest BCUT2D eigenvalue weighted by Gasteiger charge is 2.60. The van der Waals surface area contributed by atoms with E-state index in [1.807, 2.05) is 0 Å². The van der Waals surface area contributed by atoms with Crippen molar-refractivity contribution in [3.05, 3.63) is 0 Å². The lowest BCUT2D eigenvalue weighted by Gasteiger charge is -2.62. The summed E-state index contributed by atoms with van der Waals surface area (Å²) >= 11 is 0. The van der Waals surface area contributed by atoms with E-state index in [1.165, 1.54) is 70.6 Å². The first-order valence-corrected chi connectivity index (χ1v) is 14.8. The topological polar surface area (TPSA) is 29.5 Å². The summed E-state index contributed by atoms with van der Waals surface area (Å²) in [6.07, 6.45) is 16.9. The molecule has 4 saturated carbocycles. The van der Waals surface area contributed by atoms with Crippen molar-refractivity contribution >= 4 is 0 Å². The van der Waals surface area contributed by atoms with Crippen LogP contribution >= 0.6 is 0 Å². The van der Waals surface area contributed by atoms with E-state index in [0.29, 0.717) is 11.8 Å². The molecule has 4 rings (SSSR count). The molecule has 2 heteroatoms. The molecule has 0 spiro atoms. The van der Waals surface area contributed by atoms with Crippen molar-refractivity contribution < 1.29 is 9.84 Å². The van der Waals surface area contributed by atoms with Gasteiger partial charge < -0.3 is 9.84 Å². The van der Waals surface area contributed by atoms with Crippen molar-refractivity contribution in [2.75, 3.05) is 0 Å². The quantitative estimate of drug-likeness (QED) is 0.206. The molecule has 33 heavy (non-hydrogen) atoms. The average molecular weight is 463 g/mol. The number of hydrogen-bond acceptors (Lipinski definition) is 2. The molecule has 4 aliphatic rings. The van der Waals surface area contributed by atoms with Crippen molar-refractivity contribution in [3.8, 4) is 0 Å². The predicted octanol–water partition coefficient (Wildman–Crippen LogP) is 9.15. The van der Waals surface area contributed by atoms with Crippen LogP contribution in [0.15, 0.2) is 0 Å². The Morgan fingerprint density at radius 1 is 0.788 bits per heavy atom. The van der Waals surface area contributed by atoms with E-state index in [-0.39, 0.29) is 21.8 Å². The smallest absolute Gasteiger partial charge is 0.161 e. The van der Waals surface area contributed by atoms with Gasteiger partial charge in [0, 0.05) is 5.41 Å². The molecule has 2 atom stereocenters. The lowest BCUT2D eigenvalue weighted by Crippen LogP contribution is -2.62. The molecule has 2 unspecified atom stereocenters. The molecule has 4 aliphatic carbocycles. The normalized spacial score (nSPS) is 34.5. The third-order valence-electron chi connectivity index (χ3n) is 11.0. The van der Waals surface area contributed by atoms with Gasteiger partial charge in [-0.25, -0.2) is 0 Å². The first-order valence-electron chi connectivity index (χ1n) is 14.8. The standard InChI is InChI=1S/C31H58O2/c1-9-12-14-15-28(4,5)22-30(8,29(6,7)16-13-10-2)27(32)33-31(11-3)25-18-23-17-24(20-25)21-26(31)19-23/h23-27,32H,9-22H2,1-8H3. The third-order valence-corrected chi connectivity index (χ3v) is 11.0. The van der Waals surface area contributed by atoms with Crippen LogP contribution in [0.4, 0.5) is 0 Å². The molecule has 0 radical (unpaired) electrons. The van der Waals surface area contributed by atoms with Gasteiger partial charge in [-0.2, -0.15) is 0 Å². The zero-order valence-corrected chi connectivity index (χ0v) is 23.6. The largest absolute Gasteiger partial charge is 0.367 e. The molecule has 0 aromatic carbocycles. The van der Waals surface area contributed by atoms with Gasteiger partial charge >= 0.3 is 0 Å². The number of ether oxygens (including phenoxy) is 1. The molecule has 1 N–H and O–H groups in total. The van der Waals surface area contributed by atoms with E-state index < -0.39 is 6.29 Å². The maximum atomic E-state index is 12.1. The minimum absolute atomic E-state index is 0.0330. The molecule has 194 valence electrons. The minimum Gasteiger partial charge on any atom is -0.367 e. The van der Waals surface area contributed by atoms with Crippen molar-refractivity contribution in [1.82, 2.24) is 0 Å². The second-order valence-electron chi connectivity index (χ2n) is 14.3. The molecule has 0 amide bonds. The van der Waals surface area contributed by atoms with E-state index in [0.717, 1.165) is 31.1 Å². The number of rotatable bonds is 14. The highest BCUT2D eigenvalue weighted by molar-refractivity contribution is 5.08. The maximum absolute atomic E-state index is 12.1. The molecule has 4 bridgehead atoms. The molecular weight excluding hydrogens is 404 g/mol. The van der Waals surface area contributed by atoms with Gasteiger partial charge in [-0.05, 0) is 92.3 Å². The summed E-state index contributed by atoms with van der Waals surface area (Å²) in [4.78, 5) is 0. The van der Waals surface area contributed by atoms with Crippen molar-refractivity contribution in [3.63, 3.8) is 0 Å². The Kier molecular flexibility index (Phi) is 8.75. The molecule has 4 fully saturated rings. The summed E-state index contributed by atoms with van der Waals surface area (Å²) < 4.78 is 7.12. The number of aliphatic hydroxyl groups excluding tert-OH is 1. The van der Waals surface area contributed by atoms with Crippen molar-refractivity contribution in [1.29, 1.82) is 0 Å². The Hall–Kier alpha value is -0.0800. The molecule has 0 aromatic heterocycles. The minimum atomic E-state index is -0.688. The Morgan fingerprint density at radius 2 is 1.33 bits per heavy atom. The fourth-order valence-electron chi connectivity index (χ4n) is 8.67. The van der Waals surface area contributed by atoms with Crippen LogP contribution in [-0.4, -0.2) is 17.0 Å². The third kappa shape index (κ3) is 5.52. The van der Waals surface area contributed by atoms with E-state index in [1.54, 1.807) is 0 Å². The van der Waals surface area contributed by atoms with Crippen LogP contribution in [0.2, 0.25) is 0 Å². The summed E-state index contributed by atoms with van der Waals surface area (Å²) in [5, 5.41) is 12.1. The van der Waals surface area contributed by atoms with E-state index in [9.17, 15) is 5.11 Å². The molecule has 0 aliphatic heterocycles. The Bertz CT molecular complexity index is 592. The lowest BCUT2D eigenvalue weighted by atomic mass is 9.49.